The maximum absolute atomic E-state index is 4.44. The van der Waals surface area contributed by atoms with Crippen molar-refractivity contribution in [1.29, 1.82) is 0 Å². The van der Waals surface area contributed by atoms with Crippen LogP contribution >= 0.6 is 0 Å². The van der Waals surface area contributed by atoms with Gasteiger partial charge in [0.15, 0.2) is 0 Å². The maximum Gasteiger partial charge on any atom is 0.0927 e. The van der Waals surface area contributed by atoms with Crippen molar-refractivity contribution in [1.82, 2.24) is 10.2 Å². The van der Waals surface area contributed by atoms with Crippen LogP contribution in [0.1, 0.15) is 22.4 Å². The fourth-order valence-electron chi connectivity index (χ4n) is 2.90. The number of hydrogen-bond donors (Lipinski definition) is 1. The van der Waals surface area contributed by atoms with E-state index in [0.29, 0.717) is 0 Å². The Kier molecular flexibility index (Phi) is 4.01. The van der Waals surface area contributed by atoms with Crippen LogP contribution in [0.25, 0.3) is 28.6 Å². The summed E-state index contributed by atoms with van der Waals surface area (Å²) < 4.78 is 0. The largest absolute Gasteiger partial charge is 0.277 e. The van der Waals surface area contributed by atoms with Crippen molar-refractivity contribution in [2.45, 2.75) is 0 Å². The van der Waals surface area contributed by atoms with Crippen molar-refractivity contribution in [2.75, 3.05) is 0 Å². The molecule has 2 heteroatoms. The molecule has 1 N–H and O–H groups in total. The number of nitrogens with one attached hydrogen (secondary N) is 1. The molecule has 0 fully saturated rings. The molecule has 0 saturated heterocycles. The molecule has 0 unspecified atom stereocenters. The summed E-state index contributed by atoms with van der Waals surface area (Å²) in [5.41, 5.74) is 6.36. The van der Waals surface area contributed by atoms with Crippen molar-refractivity contribution in [2.24, 2.45) is 0 Å². The second-order valence-electron chi connectivity index (χ2n) is 5.96. The molecule has 0 amide bonds. The lowest BCUT2D eigenvalue weighted by atomic mass is 9.98. The van der Waals surface area contributed by atoms with Gasteiger partial charge in [0.2, 0.25) is 0 Å². The first-order chi connectivity index (χ1) is 12.3. The number of aromatic amines is 1. The second-order valence-corrected chi connectivity index (χ2v) is 5.96. The normalized spacial score (nSPS) is 11.2. The lowest BCUT2D eigenvalue weighted by Gasteiger charge is -2.06. The van der Waals surface area contributed by atoms with Crippen LogP contribution in [0, 0.1) is 0 Å². The fourth-order valence-corrected chi connectivity index (χ4v) is 2.90. The standard InChI is InChI=1S/C23H18N2/c1-17(19-10-6-3-7-11-19)20-13-14-21-22(24-25-23(21)16-20)15-12-18-8-4-2-5-9-18/h2-16H,1H2,(H,24,25)/b15-12+. The van der Waals surface area contributed by atoms with Gasteiger partial charge in [0.1, 0.15) is 0 Å². The van der Waals surface area contributed by atoms with Gasteiger partial charge in [-0.3, -0.25) is 5.10 Å². The minimum atomic E-state index is 0.940. The summed E-state index contributed by atoms with van der Waals surface area (Å²) in [5, 5.41) is 8.68. The molecule has 120 valence electrons. The molecule has 0 aliphatic rings. The molecule has 0 spiro atoms. The van der Waals surface area contributed by atoms with Crippen molar-refractivity contribution in [3.8, 4) is 0 Å². The average Bonchev–Trinajstić information content (AvgIpc) is 3.09. The first-order valence-electron chi connectivity index (χ1n) is 8.27. The molecule has 0 bridgehead atoms. The SMILES string of the molecule is C=C(c1ccccc1)c1ccc2c(/C=C/c3ccccc3)n[nH]c2c1. The van der Waals surface area contributed by atoms with Crippen molar-refractivity contribution < 1.29 is 0 Å². The van der Waals surface area contributed by atoms with Crippen LogP contribution < -0.4 is 0 Å². The third-order valence-corrected chi connectivity index (χ3v) is 4.30. The highest BCUT2D eigenvalue weighted by Gasteiger charge is 2.07. The lowest BCUT2D eigenvalue weighted by molar-refractivity contribution is 1.11. The zero-order chi connectivity index (χ0) is 17.1. The number of benzene rings is 3. The topological polar surface area (TPSA) is 28.7 Å². The van der Waals surface area contributed by atoms with E-state index in [2.05, 4.69) is 65.3 Å². The molecule has 4 rings (SSSR count). The van der Waals surface area contributed by atoms with E-state index in [4.69, 9.17) is 0 Å². The monoisotopic (exact) mass is 322 g/mol. The third kappa shape index (κ3) is 3.15. The van der Waals surface area contributed by atoms with Crippen LogP contribution in [0.4, 0.5) is 0 Å². The molecule has 1 heterocycles. The van der Waals surface area contributed by atoms with E-state index >= 15 is 0 Å². The predicted molar refractivity (Wildman–Crippen MR) is 106 cm³/mol. The van der Waals surface area contributed by atoms with E-state index in [9.17, 15) is 0 Å². The molecule has 0 aliphatic carbocycles. The molecule has 2 nitrogen and oxygen atoms in total. The average molecular weight is 322 g/mol. The number of fused-ring (bicyclic) bond motifs is 1. The zero-order valence-electron chi connectivity index (χ0n) is 13.8. The molecular weight excluding hydrogens is 304 g/mol. The highest BCUT2D eigenvalue weighted by Crippen LogP contribution is 2.26. The zero-order valence-corrected chi connectivity index (χ0v) is 13.8. The van der Waals surface area contributed by atoms with Gasteiger partial charge in [-0.15, -0.1) is 0 Å². The van der Waals surface area contributed by atoms with Crippen molar-refractivity contribution in [3.63, 3.8) is 0 Å². The molecule has 25 heavy (non-hydrogen) atoms. The molecule has 0 atom stereocenters. The lowest BCUT2D eigenvalue weighted by Crippen LogP contribution is -1.85. The van der Waals surface area contributed by atoms with Gasteiger partial charge in [-0.05, 0) is 40.5 Å². The molecule has 0 aliphatic heterocycles. The maximum atomic E-state index is 4.44. The Morgan fingerprint density at radius 1 is 0.800 bits per heavy atom. The van der Waals surface area contributed by atoms with Crippen LogP contribution in [0.3, 0.4) is 0 Å². The first-order valence-corrected chi connectivity index (χ1v) is 8.27. The van der Waals surface area contributed by atoms with E-state index in [1.807, 2.05) is 42.5 Å². The molecule has 3 aromatic carbocycles. The van der Waals surface area contributed by atoms with Gasteiger partial charge in [-0.25, -0.2) is 0 Å². The first kappa shape index (κ1) is 15.2. The van der Waals surface area contributed by atoms with Crippen molar-refractivity contribution in [3.05, 3.63) is 108 Å². The van der Waals surface area contributed by atoms with E-state index in [1.165, 1.54) is 0 Å². The quantitative estimate of drug-likeness (QED) is 0.506. The number of H-pyrrole nitrogens is 1. The van der Waals surface area contributed by atoms with E-state index in [-0.39, 0.29) is 0 Å². The van der Waals surface area contributed by atoms with Gasteiger partial charge < -0.3 is 0 Å². The Labute approximate surface area is 147 Å². The Bertz CT molecular complexity index is 1040. The van der Waals surface area contributed by atoms with Crippen LogP contribution in [0.15, 0.2) is 85.4 Å². The molecular formula is C23H18N2. The summed E-state index contributed by atoms with van der Waals surface area (Å²) in [7, 11) is 0. The van der Waals surface area contributed by atoms with E-state index < -0.39 is 0 Å². The molecule has 4 aromatic rings. The Morgan fingerprint density at radius 3 is 2.28 bits per heavy atom. The Balaban J connectivity index is 1.65. The summed E-state index contributed by atoms with van der Waals surface area (Å²) in [4.78, 5) is 0. The van der Waals surface area contributed by atoms with Gasteiger partial charge in [0.05, 0.1) is 11.2 Å². The highest BCUT2D eigenvalue weighted by atomic mass is 15.1. The summed E-state index contributed by atoms with van der Waals surface area (Å²) in [6, 6.07) is 26.8. The van der Waals surface area contributed by atoms with Gasteiger partial charge in [0.25, 0.3) is 0 Å². The van der Waals surface area contributed by atoms with E-state index in [0.717, 1.165) is 38.9 Å². The highest BCUT2D eigenvalue weighted by molar-refractivity contribution is 5.92. The summed E-state index contributed by atoms with van der Waals surface area (Å²) in [6.07, 6.45) is 4.12. The molecule has 0 radical (unpaired) electrons. The number of hydrogen-bond acceptors (Lipinski definition) is 1. The van der Waals surface area contributed by atoms with Crippen molar-refractivity contribution >= 4 is 28.6 Å². The van der Waals surface area contributed by atoms with Gasteiger partial charge in [-0.1, -0.05) is 79.4 Å². The number of aromatic nitrogens is 2. The predicted octanol–water partition coefficient (Wildman–Crippen LogP) is 5.79. The van der Waals surface area contributed by atoms with Gasteiger partial charge in [-0.2, -0.15) is 5.10 Å². The molecule has 1 aromatic heterocycles. The summed E-state index contributed by atoms with van der Waals surface area (Å²) in [5.74, 6) is 0. The van der Waals surface area contributed by atoms with Crippen LogP contribution in [0.5, 0.6) is 0 Å². The minimum Gasteiger partial charge on any atom is -0.277 e. The minimum absolute atomic E-state index is 0.940. The Morgan fingerprint density at radius 2 is 1.52 bits per heavy atom. The van der Waals surface area contributed by atoms with E-state index in [1.54, 1.807) is 0 Å². The Hall–Kier alpha value is -3.39. The summed E-state index contributed by atoms with van der Waals surface area (Å²) >= 11 is 0. The fraction of sp³-hybridized carbons (Fsp3) is 0. The molecule has 0 saturated carbocycles. The van der Waals surface area contributed by atoms with Crippen LogP contribution in [-0.2, 0) is 0 Å². The van der Waals surface area contributed by atoms with Gasteiger partial charge >= 0.3 is 0 Å². The number of nitrogens with zero attached hydrogens (tertiary/aromatic N) is 1. The third-order valence-electron chi connectivity index (χ3n) is 4.30. The van der Waals surface area contributed by atoms with Crippen LogP contribution in [0.2, 0.25) is 0 Å². The number of rotatable bonds is 4. The van der Waals surface area contributed by atoms with Gasteiger partial charge in [0, 0.05) is 5.39 Å². The summed E-state index contributed by atoms with van der Waals surface area (Å²) in [6.45, 7) is 4.24. The second kappa shape index (κ2) is 6.62. The van der Waals surface area contributed by atoms with Crippen LogP contribution in [-0.4, -0.2) is 10.2 Å². The smallest absolute Gasteiger partial charge is 0.0927 e.